The zero-order valence-electron chi connectivity index (χ0n) is 41.4. The Labute approximate surface area is 411 Å². The number of amides is 3. The standard InChI is InChI=1S/C55H70N6O7S/c1-35-49(69-34-59-35)38-21-19-36(20-22-38)31-56-51(64)46-29-40(62)32-61(46)52(65)50(54(2,3)4)60-47(63)18-12-10-8-9-11-15-27-67-41-24-26-43-45(30-41)57-33-58-48(43)39-23-25-42(53(66)68-55(5,6)7)44(28-39)37-16-13-14-17-37/h19-26,28,30,33-34,37,40,46,50,62H,8-18,27,29,31-32H2,1-7H3,(H,56,64)(H,60,63)/t40-,46+,50?/m1/s1. The summed E-state index contributed by atoms with van der Waals surface area (Å²) in [6, 6.07) is 18.1. The quantitative estimate of drug-likeness (QED) is 0.0534. The highest BCUT2D eigenvalue weighted by Gasteiger charge is 2.44. The van der Waals surface area contributed by atoms with E-state index in [4.69, 9.17) is 9.47 Å². The molecule has 13 nitrogen and oxygen atoms in total. The molecule has 1 saturated carbocycles. The molecule has 7 rings (SSSR count). The second-order valence-corrected chi connectivity index (χ2v) is 21.7. The maximum atomic E-state index is 14.0. The van der Waals surface area contributed by atoms with Crippen LogP contribution in [0.4, 0.5) is 0 Å². The number of aromatic nitrogens is 3. The Kier molecular flexibility index (Phi) is 16.9. The number of fused-ring (bicyclic) bond motifs is 1. The average Bonchev–Trinajstić information content (AvgIpc) is 4.10. The van der Waals surface area contributed by atoms with Gasteiger partial charge in [0.05, 0.1) is 45.6 Å². The van der Waals surface area contributed by atoms with Crippen LogP contribution in [-0.4, -0.2) is 85.6 Å². The summed E-state index contributed by atoms with van der Waals surface area (Å²) < 4.78 is 11.9. The molecule has 2 aliphatic rings. The number of hydrogen-bond acceptors (Lipinski definition) is 11. The number of thiazole rings is 1. The van der Waals surface area contributed by atoms with Crippen molar-refractivity contribution in [3.05, 3.63) is 94.9 Å². The molecular weight excluding hydrogens is 889 g/mol. The molecular formula is C55H70N6O7S. The van der Waals surface area contributed by atoms with Crippen LogP contribution in [0.2, 0.25) is 0 Å². The summed E-state index contributed by atoms with van der Waals surface area (Å²) in [5, 5.41) is 17.5. The molecule has 2 fully saturated rings. The lowest BCUT2D eigenvalue weighted by Gasteiger charge is -2.35. The highest BCUT2D eigenvalue weighted by atomic mass is 32.1. The van der Waals surface area contributed by atoms with Gasteiger partial charge in [-0.25, -0.2) is 19.7 Å². The molecule has 3 heterocycles. The fraction of sp³-hybridized carbons (Fsp3) is 0.509. The summed E-state index contributed by atoms with van der Waals surface area (Å²) in [5.41, 5.74) is 7.80. The van der Waals surface area contributed by atoms with Crippen LogP contribution in [0, 0.1) is 12.3 Å². The number of likely N-dealkylation sites (tertiary alicyclic amines) is 1. The lowest BCUT2D eigenvalue weighted by Crippen LogP contribution is -2.57. The summed E-state index contributed by atoms with van der Waals surface area (Å²) in [6.07, 6.45) is 11.0. The van der Waals surface area contributed by atoms with E-state index >= 15 is 0 Å². The number of nitrogens with zero attached hydrogens (tertiary/aromatic N) is 4. The van der Waals surface area contributed by atoms with Gasteiger partial charge in [0, 0.05) is 42.9 Å². The zero-order chi connectivity index (χ0) is 49.3. The summed E-state index contributed by atoms with van der Waals surface area (Å²) >= 11 is 1.58. The van der Waals surface area contributed by atoms with Crippen LogP contribution < -0.4 is 15.4 Å². The van der Waals surface area contributed by atoms with Gasteiger partial charge in [-0.1, -0.05) is 89.6 Å². The topological polar surface area (TPSA) is 173 Å². The molecule has 1 aliphatic heterocycles. The van der Waals surface area contributed by atoms with Crippen LogP contribution in [0.15, 0.2) is 72.5 Å². The first kappa shape index (κ1) is 51.1. The van der Waals surface area contributed by atoms with Crippen molar-refractivity contribution in [1.29, 1.82) is 0 Å². The molecule has 3 N–H and O–H groups in total. The largest absolute Gasteiger partial charge is 0.494 e. The van der Waals surface area contributed by atoms with E-state index in [2.05, 4.69) is 31.7 Å². The van der Waals surface area contributed by atoms with Gasteiger partial charge in [0.25, 0.3) is 0 Å². The number of aliphatic hydroxyl groups is 1. The van der Waals surface area contributed by atoms with Gasteiger partial charge < -0.3 is 30.1 Å². The van der Waals surface area contributed by atoms with E-state index < -0.39 is 29.2 Å². The van der Waals surface area contributed by atoms with Crippen molar-refractivity contribution >= 4 is 45.9 Å². The maximum absolute atomic E-state index is 14.0. The van der Waals surface area contributed by atoms with E-state index in [0.717, 1.165) is 113 Å². The second-order valence-electron chi connectivity index (χ2n) is 20.9. The third-order valence-electron chi connectivity index (χ3n) is 13.1. The third-order valence-corrected chi connectivity index (χ3v) is 14.1. The highest BCUT2D eigenvalue weighted by Crippen LogP contribution is 2.39. The minimum absolute atomic E-state index is 0.0303. The summed E-state index contributed by atoms with van der Waals surface area (Å²) in [7, 11) is 0. The Balaban J connectivity index is 0.829. The number of unbranched alkanes of at least 4 members (excludes halogenated alkanes) is 5. The number of ether oxygens (including phenoxy) is 2. The Morgan fingerprint density at radius 1 is 0.855 bits per heavy atom. The fourth-order valence-corrected chi connectivity index (χ4v) is 10.3. The van der Waals surface area contributed by atoms with Gasteiger partial charge >= 0.3 is 5.97 Å². The van der Waals surface area contributed by atoms with Crippen LogP contribution >= 0.6 is 11.3 Å². The van der Waals surface area contributed by atoms with Crippen LogP contribution in [0.5, 0.6) is 5.75 Å². The zero-order valence-corrected chi connectivity index (χ0v) is 42.3. The first-order valence-electron chi connectivity index (χ1n) is 24.8. The van der Waals surface area contributed by atoms with E-state index in [0.29, 0.717) is 30.9 Å². The fourth-order valence-electron chi connectivity index (χ4n) is 9.46. The molecule has 3 aromatic carbocycles. The molecule has 0 bridgehead atoms. The molecule has 3 amide bonds. The predicted octanol–water partition coefficient (Wildman–Crippen LogP) is 10.3. The predicted molar refractivity (Wildman–Crippen MR) is 271 cm³/mol. The third kappa shape index (κ3) is 13.5. The van der Waals surface area contributed by atoms with E-state index in [1.54, 1.807) is 17.7 Å². The molecule has 0 spiro atoms. The number of carbonyl (C=O) groups excluding carboxylic acids is 4. The van der Waals surface area contributed by atoms with Crippen molar-refractivity contribution in [1.82, 2.24) is 30.5 Å². The van der Waals surface area contributed by atoms with Crippen molar-refractivity contribution in [2.24, 2.45) is 5.41 Å². The molecule has 14 heteroatoms. The number of hydrogen-bond donors (Lipinski definition) is 3. The number of carbonyl (C=O) groups is 4. The van der Waals surface area contributed by atoms with Gasteiger partial charge in [0.1, 0.15) is 29.8 Å². The van der Waals surface area contributed by atoms with E-state index in [1.807, 2.05) is 109 Å². The van der Waals surface area contributed by atoms with E-state index in [1.165, 1.54) is 4.90 Å². The van der Waals surface area contributed by atoms with Crippen molar-refractivity contribution in [3.8, 4) is 27.4 Å². The smallest absolute Gasteiger partial charge is 0.338 e. The highest BCUT2D eigenvalue weighted by molar-refractivity contribution is 7.13. The molecule has 3 atom stereocenters. The van der Waals surface area contributed by atoms with E-state index in [-0.39, 0.29) is 43.2 Å². The molecule has 2 aromatic heterocycles. The minimum atomic E-state index is -0.857. The molecule has 0 radical (unpaired) electrons. The minimum Gasteiger partial charge on any atom is -0.494 e. The lowest BCUT2D eigenvalue weighted by molar-refractivity contribution is -0.144. The summed E-state index contributed by atoms with van der Waals surface area (Å²) in [5.74, 6) is -0.125. The van der Waals surface area contributed by atoms with Gasteiger partial charge in [-0.05, 0) is 106 Å². The molecule has 5 aromatic rings. The molecule has 1 saturated heterocycles. The van der Waals surface area contributed by atoms with Crippen molar-refractivity contribution in [3.63, 3.8) is 0 Å². The number of aryl methyl sites for hydroxylation is 1. The van der Waals surface area contributed by atoms with Crippen molar-refractivity contribution < 1.29 is 33.8 Å². The second kappa shape index (κ2) is 22.8. The SMILES string of the molecule is Cc1ncsc1-c1ccc(CNC(=O)[C@@H]2C[C@@H](O)CN2C(=O)C(NC(=O)CCCCCCCCOc2ccc3c(-c4ccc(C(=O)OC(C)(C)C)c(C5CCCC5)c4)ncnc3c2)C(C)(C)C)cc1. The van der Waals surface area contributed by atoms with Crippen LogP contribution in [0.3, 0.4) is 0 Å². The van der Waals surface area contributed by atoms with Gasteiger partial charge in [0.15, 0.2) is 0 Å². The number of aliphatic hydroxyl groups excluding tert-OH is 1. The Hall–Kier alpha value is -5.73. The Morgan fingerprint density at radius 3 is 2.26 bits per heavy atom. The van der Waals surface area contributed by atoms with Crippen molar-refractivity contribution in [2.45, 2.75) is 162 Å². The van der Waals surface area contributed by atoms with Crippen LogP contribution in [-0.2, 0) is 25.7 Å². The average molecular weight is 959 g/mol. The van der Waals surface area contributed by atoms with Gasteiger partial charge in [-0.15, -0.1) is 11.3 Å². The Bertz CT molecular complexity index is 2580. The molecule has 69 heavy (non-hydrogen) atoms. The number of benzene rings is 3. The van der Waals surface area contributed by atoms with Crippen LogP contribution in [0.1, 0.15) is 152 Å². The molecule has 1 unspecified atom stereocenters. The molecule has 1 aliphatic carbocycles. The normalized spacial score (nSPS) is 17.0. The first-order valence-corrected chi connectivity index (χ1v) is 25.6. The van der Waals surface area contributed by atoms with Gasteiger partial charge in [-0.3, -0.25) is 14.4 Å². The summed E-state index contributed by atoms with van der Waals surface area (Å²) in [6.45, 7) is 14.2. The number of nitrogens with one attached hydrogen (secondary N) is 2. The van der Waals surface area contributed by atoms with Crippen molar-refractivity contribution in [2.75, 3.05) is 13.2 Å². The first-order chi connectivity index (χ1) is 32.9. The monoisotopic (exact) mass is 959 g/mol. The van der Waals surface area contributed by atoms with Gasteiger partial charge in [-0.2, -0.15) is 0 Å². The Morgan fingerprint density at radius 2 is 1.57 bits per heavy atom. The number of esters is 1. The number of β-amino-alcohol motifs (C(OH)–C–C–N with tert-alkyl or cyclic N) is 1. The lowest BCUT2D eigenvalue weighted by atomic mass is 9.85. The maximum Gasteiger partial charge on any atom is 0.338 e. The van der Waals surface area contributed by atoms with Gasteiger partial charge in [0.2, 0.25) is 17.7 Å². The van der Waals surface area contributed by atoms with E-state index in [9.17, 15) is 24.3 Å². The molecule has 368 valence electrons. The summed E-state index contributed by atoms with van der Waals surface area (Å²) in [4.78, 5) is 70.1. The number of rotatable bonds is 19. The van der Waals surface area contributed by atoms with Crippen LogP contribution in [0.25, 0.3) is 32.6 Å².